The van der Waals surface area contributed by atoms with Gasteiger partial charge in [0, 0.05) is 5.39 Å². The summed E-state index contributed by atoms with van der Waals surface area (Å²) < 4.78 is 56.2. The topological polar surface area (TPSA) is 9.23 Å². The highest BCUT2D eigenvalue weighted by molar-refractivity contribution is 5.90. The lowest BCUT2D eigenvalue weighted by Crippen LogP contribution is -2.19. The fourth-order valence-corrected chi connectivity index (χ4v) is 3.09. The number of hydrogen-bond acceptors (Lipinski definition) is 1. The Balaban J connectivity index is 2.02. The number of hydrogen-bond donors (Lipinski definition) is 0. The third-order valence-electron chi connectivity index (χ3n) is 4.51. The van der Waals surface area contributed by atoms with E-state index in [2.05, 4.69) is 17.6 Å². The lowest BCUT2D eigenvalue weighted by molar-refractivity contribution is -0.275. The first-order valence-corrected chi connectivity index (χ1v) is 8.90. The van der Waals surface area contributed by atoms with Crippen molar-refractivity contribution in [2.75, 3.05) is 0 Å². The van der Waals surface area contributed by atoms with Gasteiger partial charge in [0.05, 0.1) is 5.56 Å². The van der Waals surface area contributed by atoms with Gasteiger partial charge in [-0.25, -0.2) is 4.39 Å². The van der Waals surface area contributed by atoms with E-state index in [0.717, 1.165) is 30.4 Å². The molecule has 0 aliphatic heterocycles. The first-order chi connectivity index (χ1) is 13.3. The average Bonchev–Trinajstić information content (AvgIpc) is 2.67. The van der Waals surface area contributed by atoms with Gasteiger partial charge in [-0.3, -0.25) is 0 Å². The number of unbranched alkanes of at least 4 members (excludes halogenated alkanes) is 1. The van der Waals surface area contributed by atoms with Gasteiger partial charge < -0.3 is 4.74 Å². The Bertz CT molecular complexity index is 1030. The van der Waals surface area contributed by atoms with Crippen LogP contribution < -0.4 is 4.74 Å². The minimum Gasteiger partial charge on any atom is -0.401 e. The molecule has 0 aliphatic rings. The van der Waals surface area contributed by atoms with E-state index in [0.29, 0.717) is 5.39 Å². The molecule has 28 heavy (non-hydrogen) atoms. The standard InChI is InChI=1S/C23H18F4O/c1-3-5-6-15-7-9-17(10-8-15)18-11-12-20-19(14-18)13-16(4-2)22(21(20)24)28-23(25,26)27/h2,7-14H,3,5-6H2,1H3. The summed E-state index contributed by atoms with van der Waals surface area (Å²) in [5.41, 5.74) is 2.71. The van der Waals surface area contributed by atoms with Crippen LogP contribution in [0.4, 0.5) is 17.6 Å². The van der Waals surface area contributed by atoms with E-state index in [4.69, 9.17) is 6.42 Å². The molecule has 144 valence electrons. The molecule has 0 saturated carbocycles. The van der Waals surface area contributed by atoms with Gasteiger partial charge in [0.2, 0.25) is 0 Å². The van der Waals surface area contributed by atoms with Crippen LogP contribution in [0.5, 0.6) is 5.75 Å². The molecule has 0 atom stereocenters. The molecular weight excluding hydrogens is 368 g/mol. The summed E-state index contributed by atoms with van der Waals surface area (Å²) in [6.07, 6.45) is 3.49. The normalized spacial score (nSPS) is 11.4. The van der Waals surface area contributed by atoms with Gasteiger partial charge in [-0.05, 0) is 47.1 Å². The SMILES string of the molecule is C#Cc1cc2cc(-c3ccc(CCCC)cc3)ccc2c(F)c1OC(F)(F)F. The first kappa shape index (κ1) is 19.8. The van der Waals surface area contributed by atoms with Crippen molar-refractivity contribution in [2.24, 2.45) is 0 Å². The molecule has 0 heterocycles. The predicted octanol–water partition coefficient (Wildman–Crippen LogP) is 6.87. The van der Waals surface area contributed by atoms with Crippen LogP contribution >= 0.6 is 0 Å². The number of aryl methyl sites for hydroxylation is 1. The first-order valence-electron chi connectivity index (χ1n) is 8.90. The van der Waals surface area contributed by atoms with Gasteiger partial charge in [0.25, 0.3) is 0 Å². The fourth-order valence-electron chi connectivity index (χ4n) is 3.09. The molecule has 0 spiro atoms. The van der Waals surface area contributed by atoms with Crippen LogP contribution in [-0.4, -0.2) is 6.36 Å². The predicted molar refractivity (Wildman–Crippen MR) is 103 cm³/mol. The number of terminal acetylenes is 1. The minimum absolute atomic E-state index is 0.0153. The molecule has 0 N–H and O–H groups in total. The third-order valence-corrected chi connectivity index (χ3v) is 4.51. The highest BCUT2D eigenvalue weighted by Crippen LogP contribution is 2.36. The van der Waals surface area contributed by atoms with Crippen molar-refractivity contribution in [3.8, 4) is 29.2 Å². The summed E-state index contributed by atoms with van der Waals surface area (Å²) in [6.45, 7) is 2.14. The van der Waals surface area contributed by atoms with Gasteiger partial charge in [-0.15, -0.1) is 19.6 Å². The third kappa shape index (κ3) is 4.28. The fraction of sp³-hybridized carbons (Fsp3) is 0.217. The molecule has 0 unspecified atom stereocenters. The zero-order valence-corrected chi connectivity index (χ0v) is 15.2. The van der Waals surface area contributed by atoms with Crippen LogP contribution in [0.25, 0.3) is 21.9 Å². The maximum absolute atomic E-state index is 14.6. The molecule has 5 heteroatoms. The molecule has 0 aromatic heterocycles. The summed E-state index contributed by atoms with van der Waals surface area (Å²) in [5.74, 6) is -0.0251. The van der Waals surface area contributed by atoms with Crippen LogP contribution in [-0.2, 0) is 6.42 Å². The molecule has 0 aliphatic carbocycles. The Morgan fingerprint density at radius 3 is 2.29 bits per heavy atom. The number of alkyl halides is 3. The Labute approximate surface area is 160 Å². The van der Waals surface area contributed by atoms with E-state index >= 15 is 0 Å². The van der Waals surface area contributed by atoms with Crippen molar-refractivity contribution in [1.29, 1.82) is 0 Å². The minimum atomic E-state index is -5.03. The van der Waals surface area contributed by atoms with E-state index in [1.165, 1.54) is 17.7 Å². The maximum Gasteiger partial charge on any atom is 0.573 e. The van der Waals surface area contributed by atoms with Crippen molar-refractivity contribution in [2.45, 2.75) is 32.5 Å². The second-order valence-corrected chi connectivity index (χ2v) is 6.50. The number of rotatable bonds is 5. The molecule has 0 saturated heterocycles. The van der Waals surface area contributed by atoms with E-state index in [-0.39, 0.29) is 10.9 Å². The van der Waals surface area contributed by atoms with E-state index in [9.17, 15) is 17.6 Å². The Kier molecular flexibility index (Phi) is 5.60. The average molecular weight is 386 g/mol. The Morgan fingerprint density at radius 1 is 1.00 bits per heavy atom. The molecule has 1 nitrogen and oxygen atoms in total. The zero-order chi connectivity index (χ0) is 20.3. The number of ether oxygens (including phenoxy) is 1. The second kappa shape index (κ2) is 7.93. The summed E-state index contributed by atoms with van der Waals surface area (Å²) in [4.78, 5) is 0. The summed E-state index contributed by atoms with van der Waals surface area (Å²) in [7, 11) is 0. The molecule has 0 fully saturated rings. The van der Waals surface area contributed by atoms with Crippen molar-refractivity contribution < 1.29 is 22.3 Å². The van der Waals surface area contributed by atoms with Crippen molar-refractivity contribution >= 4 is 10.8 Å². The summed E-state index contributed by atoms with van der Waals surface area (Å²) in [6, 6.07) is 14.2. The van der Waals surface area contributed by atoms with E-state index < -0.39 is 17.9 Å². The van der Waals surface area contributed by atoms with Gasteiger partial charge in [0.1, 0.15) is 0 Å². The Morgan fingerprint density at radius 2 is 1.68 bits per heavy atom. The van der Waals surface area contributed by atoms with Crippen LogP contribution in [0.3, 0.4) is 0 Å². The Hall–Kier alpha value is -3.00. The van der Waals surface area contributed by atoms with Crippen molar-refractivity contribution in [1.82, 2.24) is 0 Å². The molecular formula is C23H18F4O. The molecule has 3 rings (SSSR count). The molecule has 3 aromatic carbocycles. The highest BCUT2D eigenvalue weighted by Gasteiger charge is 2.34. The molecule has 0 amide bonds. The zero-order valence-electron chi connectivity index (χ0n) is 15.2. The van der Waals surface area contributed by atoms with E-state index in [1.54, 1.807) is 12.1 Å². The van der Waals surface area contributed by atoms with Gasteiger partial charge in [0.15, 0.2) is 11.6 Å². The van der Waals surface area contributed by atoms with Gasteiger partial charge >= 0.3 is 6.36 Å². The monoisotopic (exact) mass is 386 g/mol. The number of benzene rings is 3. The second-order valence-electron chi connectivity index (χ2n) is 6.50. The summed E-state index contributed by atoms with van der Waals surface area (Å²) >= 11 is 0. The molecule has 0 radical (unpaired) electrons. The van der Waals surface area contributed by atoms with Gasteiger partial charge in [-0.2, -0.15) is 0 Å². The summed E-state index contributed by atoms with van der Waals surface area (Å²) in [5, 5.41) is 0.425. The van der Waals surface area contributed by atoms with Crippen molar-refractivity contribution in [3.05, 3.63) is 65.5 Å². The van der Waals surface area contributed by atoms with Crippen molar-refractivity contribution in [3.63, 3.8) is 0 Å². The quantitative estimate of drug-likeness (QED) is 0.343. The lowest BCUT2D eigenvalue weighted by atomic mass is 9.97. The van der Waals surface area contributed by atoms with Crippen LogP contribution in [0.15, 0.2) is 48.5 Å². The molecule has 3 aromatic rings. The number of halogens is 4. The molecule has 0 bridgehead atoms. The number of fused-ring (bicyclic) bond motifs is 1. The van der Waals surface area contributed by atoms with Gasteiger partial charge in [-0.1, -0.05) is 55.7 Å². The smallest absolute Gasteiger partial charge is 0.401 e. The maximum atomic E-state index is 14.6. The van der Waals surface area contributed by atoms with E-state index in [1.807, 2.05) is 24.3 Å². The van der Waals surface area contributed by atoms with Crippen LogP contribution in [0, 0.1) is 18.2 Å². The highest BCUT2D eigenvalue weighted by atomic mass is 19.4. The van der Waals surface area contributed by atoms with Crippen LogP contribution in [0.1, 0.15) is 30.9 Å². The largest absolute Gasteiger partial charge is 0.573 e. The lowest BCUT2D eigenvalue weighted by Gasteiger charge is -2.14. The van der Waals surface area contributed by atoms with Crippen LogP contribution in [0.2, 0.25) is 0 Å².